The highest BCUT2D eigenvalue weighted by Gasteiger charge is 2.12. The molecule has 1 rings (SSSR count). The number of rotatable bonds is 2. The molecular weight excluding hydrogens is 190 g/mol. The fourth-order valence-corrected chi connectivity index (χ4v) is 0.909. The maximum atomic E-state index is 11.1. The van der Waals surface area contributed by atoms with Crippen LogP contribution in [0, 0.1) is 0 Å². The Kier molecular flexibility index (Phi) is 2.78. The number of nitrogens with one attached hydrogen (secondary N) is 1. The Bertz CT molecular complexity index is 340. The molecule has 0 aliphatic heterocycles. The highest BCUT2D eigenvalue weighted by atomic mass is 16.3. The third kappa shape index (κ3) is 1.86. The van der Waals surface area contributed by atoms with E-state index in [4.69, 9.17) is 20.4 Å². The van der Waals surface area contributed by atoms with Crippen LogP contribution in [-0.2, 0) is 0 Å². The molecular formula is C8H9NO5. The van der Waals surface area contributed by atoms with Crippen LogP contribution in [0.15, 0.2) is 12.1 Å². The summed E-state index contributed by atoms with van der Waals surface area (Å²) in [7, 11) is 0. The second kappa shape index (κ2) is 3.84. The Hall–Kier alpha value is -1.95. The lowest BCUT2D eigenvalue weighted by molar-refractivity contribution is 0.0909. The van der Waals surface area contributed by atoms with Gasteiger partial charge in [-0.25, -0.2) is 0 Å². The predicted octanol–water partition coefficient (Wildman–Crippen LogP) is -0.517. The van der Waals surface area contributed by atoms with Gasteiger partial charge in [-0.05, 0) is 12.1 Å². The molecule has 0 spiro atoms. The number of hydrogen-bond donors (Lipinski definition) is 5. The van der Waals surface area contributed by atoms with E-state index in [0.29, 0.717) is 0 Å². The molecule has 0 saturated heterocycles. The number of carbonyl (C=O) groups excluding carboxylic acids is 1. The molecule has 0 atom stereocenters. The summed E-state index contributed by atoms with van der Waals surface area (Å²) in [5.41, 5.74) is -0.0631. The molecule has 0 aromatic heterocycles. The number of carbonyl (C=O) groups is 1. The molecule has 76 valence electrons. The van der Waals surface area contributed by atoms with Gasteiger partial charge >= 0.3 is 0 Å². The molecule has 0 radical (unpaired) electrons. The molecule has 1 aromatic carbocycles. The van der Waals surface area contributed by atoms with E-state index in [1.165, 1.54) is 0 Å². The molecule has 5 N–H and O–H groups in total. The zero-order valence-corrected chi connectivity index (χ0v) is 7.06. The van der Waals surface area contributed by atoms with E-state index >= 15 is 0 Å². The number of hydrogen-bond acceptors (Lipinski definition) is 5. The fraction of sp³-hybridized carbons (Fsp3) is 0.125. The van der Waals surface area contributed by atoms with E-state index in [2.05, 4.69) is 0 Å². The highest BCUT2D eigenvalue weighted by molar-refractivity contribution is 5.95. The van der Waals surface area contributed by atoms with Crippen LogP contribution in [0.25, 0.3) is 0 Å². The second-order valence-corrected chi connectivity index (χ2v) is 2.53. The van der Waals surface area contributed by atoms with E-state index in [0.717, 1.165) is 12.1 Å². The Morgan fingerprint density at radius 1 is 1.21 bits per heavy atom. The van der Waals surface area contributed by atoms with Crippen molar-refractivity contribution in [2.45, 2.75) is 0 Å². The van der Waals surface area contributed by atoms with Crippen molar-refractivity contribution in [3.63, 3.8) is 0 Å². The number of phenols is 3. The van der Waals surface area contributed by atoms with Crippen molar-refractivity contribution in [3.8, 4) is 17.2 Å². The topological polar surface area (TPSA) is 110 Å². The first-order chi connectivity index (χ1) is 6.56. The van der Waals surface area contributed by atoms with Gasteiger partial charge in [0, 0.05) is 5.56 Å². The number of aliphatic hydroxyl groups is 1. The third-order valence-electron chi connectivity index (χ3n) is 1.57. The van der Waals surface area contributed by atoms with Crippen molar-refractivity contribution in [2.24, 2.45) is 0 Å². The Morgan fingerprint density at radius 3 is 2.14 bits per heavy atom. The highest BCUT2D eigenvalue weighted by Crippen LogP contribution is 2.35. The maximum absolute atomic E-state index is 11.1. The van der Waals surface area contributed by atoms with Gasteiger partial charge in [0.25, 0.3) is 5.91 Å². The molecule has 0 aliphatic carbocycles. The zero-order chi connectivity index (χ0) is 10.7. The van der Waals surface area contributed by atoms with Gasteiger partial charge in [0.2, 0.25) is 0 Å². The van der Waals surface area contributed by atoms with E-state index in [1.807, 2.05) is 5.32 Å². The van der Waals surface area contributed by atoms with Crippen molar-refractivity contribution in [1.29, 1.82) is 0 Å². The van der Waals surface area contributed by atoms with E-state index < -0.39 is 29.9 Å². The summed E-state index contributed by atoms with van der Waals surface area (Å²) in [4.78, 5) is 11.1. The first-order valence-electron chi connectivity index (χ1n) is 3.70. The van der Waals surface area contributed by atoms with Crippen molar-refractivity contribution in [2.75, 3.05) is 6.73 Å². The summed E-state index contributed by atoms with van der Waals surface area (Å²) in [6, 6.07) is 1.94. The lowest BCUT2D eigenvalue weighted by Gasteiger charge is -2.05. The van der Waals surface area contributed by atoms with E-state index in [1.54, 1.807) is 0 Å². The number of phenolic OH excluding ortho intramolecular Hbond substituents is 3. The monoisotopic (exact) mass is 199 g/mol. The van der Waals surface area contributed by atoms with E-state index in [-0.39, 0.29) is 5.56 Å². The summed E-state index contributed by atoms with van der Waals surface area (Å²) < 4.78 is 0. The average molecular weight is 199 g/mol. The van der Waals surface area contributed by atoms with Crippen LogP contribution in [-0.4, -0.2) is 33.1 Å². The van der Waals surface area contributed by atoms with Crippen molar-refractivity contribution in [1.82, 2.24) is 5.32 Å². The van der Waals surface area contributed by atoms with Crippen molar-refractivity contribution in [3.05, 3.63) is 17.7 Å². The number of aliphatic hydroxyl groups excluding tert-OH is 1. The number of amides is 1. The molecule has 1 aromatic rings. The molecule has 6 nitrogen and oxygen atoms in total. The quantitative estimate of drug-likeness (QED) is 0.325. The fourth-order valence-electron chi connectivity index (χ4n) is 0.909. The second-order valence-electron chi connectivity index (χ2n) is 2.53. The maximum Gasteiger partial charge on any atom is 0.253 e. The Morgan fingerprint density at radius 2 is 1.71 bits per heavy atom. The van der Waals surface area contributed by atoms with Gasteiger partial charge in [-0.1, -0.05) is 0 Å². The largest absolute Gasteiger partial charge is 0.504 e. The third-order valence-corrected chi connectivity index (χ3v) is 1.57. The molecule has 0 unspecified atom stereocenters. The normalized spacial score (nSPS) is 9.79. The first kappa shape index (κ1) is 10.1. The van der Waals surface area contributed by atoms with E-state index in [9.17, 15) is 4.79 Å². The molecule has 0 heterocycles. The van der Waals surface area contributed by atoms with Crippen LogP contribution in [0.1, 0.15) is 10.4 Å². The molecule has 6 heteroatoms. The van der Waals surface area contributed by atoms with Gasteiger partial charge in [0.05, 0.1) is 0 Å². The summed E-state index contributed by atoms with van der Waals surface area (Å²) in [5.74, 6) is -2.56. The zero-order valence-electron chi connectivity index (χ0n) is 7.06. The first-order valence-corrected chi connectivity index (χ1v) is 3.70. The number of benzene rings is 1. The smallest absolute Gasteiger partial charge is 0.253 e. The summed E-state index contributed by atoms with van der Waals surface area (Å²) in [6.45, 7) is -0.554. The molecule has 0 fully saturated rings. The van der Waals surface area contributed by atoms with Crippen LogP contribution >= 0.6 is 0 Å². The van der Waals surface area contributed by atoms with Gasteiger partial charge in [0.15, 0.2) is 17.2 Å². The minimum Gasteiger partial charge on any atom is -0.504 e. The summed E-state index contributed by atoms with van der Waals surface area (Å²) >= 11 is 0. The Labute approximate surface area is 79.0 Å². The number of aromatic hydroxyl groups is 3. The molecule has 0 bridgehead atoms. The van der Waals surface area contributed by atoms with Crippen LogP contribution < -0.4 is 5.32 Å². The molecule has 14 heavy (non-hydrogen) atoms. The van der Waals surface area contributed by atoms with Crippen LogP contribution in [0.3, 0.4) is 0 Å². The average Bonchev–Trinajstić information content (AvgIpc) is 2.13. The predicted molar refractivity (Wildman–Crippen MR) is 46.0 cm³/mol. The van der Waals surface area contributed by atoms with Gasteiger partial charge in [0.1, 0.15) is 6.73 Å². The minimum absolute atomic E-state index is 0.0631. The van der Waals surface area contributed by atoms with Crippen molar-refractivity contribution >= 4 is 5.91 Å². The van der Waals surface area contributed by atoms with Gasteiger partial charge < -0.3 is 25.7 Å². The van der Waals surface area contributed by atoms with Gasteiger partial charge in [-0.3, -0.25) is 4.79 Å². The van der Waals surface area contributed by atoms with Crippen LogP contribution in [0.2, 0.25) is 0 Å². The van der Waals surface area contributed by atoms with Crippen molar-refractivity contribution < 1.29 is 25.2 Å². The summed E-state index contributed by atoms with van der Waals surface area (Å²) in [5, 5.41) is 37.5. The molecule has 1 amide bonds. The van der Waals surface area contributed by atoms with Crippen LogP contribution in [0.5, 0.6) is 17.2 Å². The lowest BCUT2D eigenvalue weighted by Crippen LogP contribution is -2.23. The lowest BCUT2D eigenvalue weighted by atomic mass is 10.1. The summed E-state index contributed by atoms with van der Waals surface area (Å²) in [6.07, 6.45) is 0. The van der Waals surface area contributed by atoms with Gasteiger partial charge in [-0.15, -0.1) is 0 Å². The molecule has 0 aliphatic rings. The van der Waals surface area contributed by atoms with Gasteiger partial charge in [-0.2, -0.15) is 0 Å². The van der Waals surface area contributed by atoms with Crippen LogP contribution in [0.4, 0.5) is 0 Å². The minimum atomic E-state index is -0.689. The standard InChI is InChI=1S/C8H9NO5/c10-3-9-8(14)4-1-5(11)7(13)6(12)2-4/h1-2,10-13H,3H2,(H,9,14). The molecule has 0 saturated carbocycles. The Balaban J connectivity index is 3.06. The SMILES string of the molecule is O=C(NCO)c1cc(O)c(O)c(O)c1.